The van der Waals surface area contributed by atoms with Gasteiger partial charge in [-0.25, -0.2) is 4.98 Å². The Balaban J connectivity index is 1.48. The predicted octanol–water partition coefficient (Wildman–Crippen LogP) is 2.80. The zero-order valence-corrected chi connectivity index (χ0v) is 13.9. The van der Waals surface area contributed by atoms with Crippen molar-refractivity contribution >= 4 is 0 Å². The summed E-state index contributed by atoms with van der Waals surface area (Å²) in [6.45, 7) is 4.29. The third-order valence-electron chi connectivity index (χ3n) is 4.89. The lowest BCUT2D eigenvalue weighted by atomic mass is 9.91. The summed E-state index contributed by atoms with van der Waals surface area (Å²) in [5.41, 5.74) is 0.513. The summed E-state index contributed by atoms with van der Waals surface area (Å²) in [7, 11) is 0. The molecule has 0 amide bonds. The Labute approximate surface area is 138 Å². The maximum absolute atomic E-state index is 9.10. The highest BCUT2D eigenvalue weighted by Crippen LogP contribution is 2.27. The smallest absolute Gasteiger partial charge is 0.231 e. The summed E-state index contributed by atoms with van der Waals surface area (Å²) >= 11 is 0. The Morgan fingerprint density at radius 3 is 2.74 bits per heavy atom. The topological polar surface area (TPSA) is 67.2 Å². The number of rotatable bonds is 4. The molecule has 2 aliphatic rings. The van der Waals surface area contributed by atoms with Crippen LogP contribution in [-0.4, -0.2) is 35.4 Å². The van der Waals surface area contributed by atoms with Gasteiger partial charge in [0, 0.05) is 18.3 Å². The molecule has 1 aromatic heterocycles. The molecule has 3 atom stereocenters. The summed E-state index contributed by atoms with van der Waals surface area (Å²) in [6, 6.07) is 6.65. The van der Waals surface area contributed by atoms with Crippen LogP contribution in [0.2, 0.25) is 0 Å². The molecule has 0 spiro atoms. The SMILES string of the molecule is CC1CC(NC2CCC(Oc3ncccc3C#N)CC2)C(C)O1. The van der Waals surface area contributed by atoms with Gasteiger partial charge in [0.2, 0.25) is 5.88 Å². The lowest BCUT2D eigenvalue weighted by molar-refractivity contribution is 0.0575. The average Bonchev–Trinajstić information content (AvgIpc) is 2.87. The van der Waals surface area contributed by atoms with E-state index in [0.29, 0.717) is 35.7 Å². The number of hydrogen-bond donors (Lipinski definition) is 1. The van der Waals surface area contributed by atoms with E-state index < -0.39 is 0 Å². The van der Waals surface area contributed by atoms with E-state index in [9.17, 15) is 0 Å². The van der Waals surface area contributed by atoms with Crippen molar-refractivity contribution in [2.45, 2.75) is 76.3 Å². The average molecular weight is 315 g/mol. The van der Waals surface area contributed by atoms with Gasteiger partial charge in [0.1, 0.15) is 17.7 Å². The Morgan fingerprint density at radius 2 is 2.09 bits per heavy atom. The van der Waals surface area contributed by atoms with Crippen molar-refractivity contribution in [1.82, 2.24) is 10.3 Å². The first-order valence-electron chi connectivity index (χ1n) is 8.59. The van der Waals surface area contributed by atoms with Crippen LogP contribution in [0.25, 0.3) is 0 Å². The molecule has 124 valence electrons. The lowest BCUT2D eigenvalue weighted by Crippen LogP contribution is -2.44. The second-order valence-corrected chi connectivity index (χ2v) is 6.72. The molecular weight excluding hydrogens is 290 g/mol. The van der Waals surface area contributed by atoms with Gasteiger partial charge >= 0.3 is 0 Å². The van der Waals surface area contributed by atoms with Gasteiger partial charge in [-0.05, 0) is 58.1 Å². The Kier molecular flexibility index (Phi) is 5.14. The molecule has 1 saturated heterocycles. The van der Waals surface area contributed by atoms with Gasteiger partial charge in [0.25, 0.3) is 0 Å². The molecule has 1 aliphatic carbocycles. The van der Waals surface area contributed by atoms with Crippen LogP contribution < -0.4 is 10.1 Å². The van der Waals surface area contributed by atoms with E-state index in [1.807, 2.05) is 0 Å². The first-order chi connectivity index (χ1) is 11.2. The number of hydrogen-bond acceptors (Lipinski definition) is 5. The van der Waals surface area contributed by atoms with Crippen LogP contribution in [0.3, 0.4) is 0 Å². The molecule has 0 aromatic carbocycles. The molecule has 1 saturated carbocycles. The number of nitrogens with one attached hydrogen (secondary N) is 1. The molecule has 2 fully saturated rings. The third kappa shape index (κ3) is 4.01. The fourth-order valence-electron chi connectivity index (χ4n) is 3.65. The number of pyridine rings is 1. The maximum Gasteiger partial charge on any atom is 0.231 e. The van der Waals surface area contributed by atoms with Gasteiger partial charge in [-0.3, -0.25) is 0 Å². The van der Waals surface area contributed by atoms with Crippen molar-refractivity contribution in [3.05, 3.63) is 23.9 Å². The molecule has 1 aliphatic heterocycles. The molecule has 3 unspecified atom stereocenters. The van der Waals surface area contributed by atoms with Crippen molar-refractivity contribution in [2.24, 2.45) is 0 Å². The minimum absolute atomic E-state index is 0.159. The van der Waals surface area contributed by atoms with E-state index in [1.54, 1.807) is 18.3 Å². The highest BCUT2D eigenvalue weighted by molar-refractivity contribution is 5.37. The largest absolute Gasteiger partial charge is 0.473 e. The van der Waals surface area contributed by atoms with Crippen LogP contribution in [0, 0.1) is 11.3 Å². The number of nitrogens with zero attached hydrogens (tertiary/aromatic N) is 2. The molecule has 0 bridgehead atoms. The second kappa shape index (κ2) is 7.29. The quantitative estimate of drug-likeness (QED) is 0.925. The predicted molar refractivity (Wildman–Crippen MR) is 87.2 cm³/mol. The van der Waals surface area contributed by atoms with Crippen molar-refractivity contribution in [3.63, 3.8) is 0 Å². The zero-order chi connectivity index (χ0) is 16.2. The highest BCUT2D eigenvalue weighted by Gasteiger charge is 2.32. The zero-order valence-electron chi connectivity index (χ0n) is 13.9. The lowest BCUT2D eigenvalue weighted by Gasteiger charge is -2.32. The summed E-state index contributed by atoms with van der Waals surface area (Å²) in [5, 5.41) is 12.9. The Hall–Kier alpha value is -1.64. The molecule has 1 N–H and O–H groups in total. The highest BCUT2D eigenvalue weighted by atomic mass is 16.5. The fraction of sp³-hybridized carbons (Fsp3) is 0.667. The molecule has 0 radical (unpaired) electrons. The third-order valence-corrected chi connectivity index (χ3v) is 4.89. The van der Waals surface area contributed by atoms with Gasteiger partial charge in [-0.15, -0.1) is 0 Å². The van der Waals surface area contributed by atoms with Crippen LogP contribution in [0.1, 0.15) is 51.5 Å². The van der Waals surface area contributed by atoms with Crippen LogP contribution in [0.4, 0.5) is 0 Å². The fourth-order valence-corrected chi connectivity index (χ4v) is 3.65. The maximum atomic E-state index is 9.10. The minimum Gasteiger partial charge on any atom is -0.473 e. The summed E-state index contributed by atoms with van der Waals surface area (Å²) in [5.74, 6) is 0.470. The standard InChI is InChI=1S/C18H25N3O2/c1-12-10-17(13(2)22-12)21-15-5-7-16(8-6-15)23-18-14(11-19)4-3-9-20-18/h3-4,9,12-13,15-17,21H,5-8,10H2,1-2H3. The monoisotopic (exact) mass is 315 g/mol. The first-order valence-corrected chi connectivity index (χ1v) is 8.59. The van der Waals surface area contributed by atoms with Crippen LogP contribution in [0.15, 0.2) is 18.3 Å². The van der Waals surface area contributed by atoms with Crippen LogP contribution in [-0.2, 0) is 4.74 Å². The number of ether oxygens (including phenoxy) is 2. The second-order valence-electron chi connectivity index (χ2n) is 6.72. The van der Waals surface area contributed by atoms with Crippen molar-refractivity contribution in [1.29, 1.82) is 5.26 Å². The number of aromatic nitrogens is 1. The molecule has 5 heteroatoms. The molecule has 2 heterocycles. The Bertz CT molecular complexity index is 564. The first kappa shape index (κ1) is 16.2. The van der Waals surface area contributed by atoms with Crippen LogP contribution in [0.5, 0.6) is 5.88 Å². The summed E-state index contributed by atoms with van der Waals surface area (Å²) in [6.07, 6.45) is 7.76. The van der Waals surface area contributed by atoms with E-state index in [1.165, 1.54) is 0 Å². The number of nitriles is 1. The van der Waals surface area contributed by atoms with Crippen molar-refractivity contribution in [2.75, 3.05) is 0 Å². The molecule has 23 heavy (non-hydrogen) atoms. The van der Waals surface area contributed by atoms with E-state index in [4.69, 9.17) is 14.7 Å². The van der Waals surface area contributed by atoms with Crippen LogP contribution >= 0.6 is 0 Å². The molecular formula is C18H25N3O2. The minimum atomic E-state index is 0.159. The summed E-state index contributed by atoms with van der Waals surface area (Å²) < 4.78 is 11.8. The van der Waals surface area contributed by atoms with E-state index in [0.717, 1.165) is 32.1 Å². The van der Waals surface area contributed by atoms with Gasteiger partial charge in [-0.1, -0.05) is 0 Å². The van der Waals surface area contributed by atoms with Crippen molar-refractivity contribution < 1.29 is 9.47 Å². The van der Waals surface area contributed by atoms with Gasteiger partial charge < -0.3 is 14.8 Å². The van der Waals surface area contributed by atoms with Gasteiger partial charge in [-0.2, -0.15) is 5.26 Å². The van der Waals surface area contributed by atoms with Gasteiger partial charge in [0.05, 0.1) is 12.2 Å². The van der Waals surface area contributed by atoms with E-state index >= 15 is 0 Å². The van der Waals surface area contributed by atoms with Crippen molar-refractivity contribution in [3.8, 4) is 11.9 Å². The van der Waals surface area contributed by atoms with E-state index in [-0.39, 0.29) is 6.10 Å². The molecule has 1 aromatic rings. The molecule has 5 nitrogen and oxygen atoms in total. The summed E-state index contributed by atoms with van der Waals surface area (Å²) in [4.78, 5) is 4.19. The molecule has 3 rings (SSSR count). The van der Waals surface area contributed by atoms with Gasteiger partial charge in [0.15, 0.2) is 0 Å². The Morgan fingerprint density at radius 1 is 1.30 bits per heavy atom. The van der Waals surface area contributed by atoms with E-state index in [2.05, 4.69) is 30.2 Å². The normalized spacial score (nSPS) is 34.0.